The summed E-state index contributed by atoms with van der Waals surface area (Å²) in [4.78, 5) is 50.0. The highest BCUT2D eigenvalue weighted by atomic mass is 32.1. The molecule has 5 aromatic rings. The second kappa shape index (κ2) is 17.2. The smallest absolute Gasteiger partial charge is 0.329 e. The molecule has 11 heteroatoms. The summed E-state index contributed by atoms with van der Waals surface area (Å²) in [7, 11) is 0. The van der Waals surface area contributed by atoms with Gasteiger partial charge in [-0.2, -0.15) is 0 Å². The number of aromatic nitrogens is 2. The number of hydrogen-bond donors (Lipinski definition) is 4. The van der Waals surface area contributed by atoms with Crippen LogP contribution in [0.3, 0.4) is 0 Å². The molecule has 0 saturated carbocycles. The zero-order valence-corrected chi connectivity index (χ0v) is 32.3. The Hall–Kier alpha value is -5.39. The Bertz CT molecular complexity index is 2020. The van der Waals surface area contributed by atoms with E-state index in [1.807, 2.05) is 75.4 Å². The van der Waals surface area contributed by atoms with E-state index in [1.54, 1.807) is 48.8 Å². The number of aliphatic hydroxyl groups excluding tert-OH is 1. The van der Waals surface area contributed by atoms with Crippen molar-refractivity contribution in [1.82, 2.24) is 20.6 Å². The lowest BCUT2D eigenvalue weighted by Crippen LogP contribution is -2.54. The summed E-state index contributed by atoms with van der Waals surface area (Å²) < 4.78 is 5.89. The van der Waals surface area contributed by atoms with Crippen LogP contribution in [0.5, 0.6) is 5.75 Å². The van der Waals surface area contributed by atoms with Gasteiger partial charge in [0.05, 0.1) is 11.5 Å². The molecule has 0 aliphatic rings. The number of thiophene rings is 1. The summed E-state index contributed by atoms with van der Waals surface area (Å²) in [6.45, 7) is 13.4. The minimum absolute atomic E-state index is 0.0544. The van der Waals surface area contributed by atoms with E-state index in [4.69, 9.17) is 4.74 Å². The molecular weight excluding hydrogens is 701 g/mol. The molecule has 3 atom stereocenters. The number of carboxylic acid groups (broad SMARTS) is 1. The highest BCUT2D eigenvalue weighted by Gasteiger charge is 2.33. The molecule has 4 N–H and O–H groups in total. The molecule has 0 radical (unpaired) electrons. The SMILES string of the molecule is CC(C)(C)CCOc1ccc(-c2cnc(-c3ccc(C[C@H](NC(=O)c4ccc(C(C)(C)C)s4)C(=O)NC(C(=O)O)C(O)c4ccccc4)cc3)nc2)cc1. The lowest BCUT2D eigenvalue weighted by Gasteiger charge is -2.24. The molecule has 0 bridgehead atoms. The van der Waals surface area contributed by atoms with Crippen molar-refractivity contribution in [3.05, 3.63) is 124 Å². The van der Waals surface area contributed by atoms with Crippen molar-refractivity contribution in [3.8, 4) is 28.3 Å². The van der Waals surface area contributed by atoms with Crippen molar-refractivity contribution < 1.29 is 29.3 Å². The lowest BCUT2D eigenvalue weighted by atomic mass is 9.93. The van der Waals surface area contributed by atoms with Crippen molar-refractivity contribution in [1.29, 1.82) is 0 Å². The van der Waals surface area contributed by atoms with E-state index in [1.165, 1.54) is 11.3 Å². The standard InChI is InChI=1S/C43H48N4O6S/c1-42(2,3)22-23-53-32-18-16-28(17-19-32)31-25-44-38(45-26-31)30-14-12-27(13-15-30)24-33(46-40(50)34-20-21-35(54-34)43(4,5)6)39(49)47-36(41(51)52)37(48)29-10-8-7-9-11-29/h7-21,25-26,33,36-37,48H,22-24H2,1-6H3,(H,46,50)(H,47,49)(H,51,52)/t33-,36?,37?/m0/s1. The van der Waals surface area contributed by atoms with Gasteiger partial charge < -0.3 is 25.6 Å². The third-order valence-corrected chi connectivity index (χ3v) is 10.3. The first-order valence-corrected chi connectivity index (χ1v) is 18.7. The van der Waals surface area contributed by atoms with E-state index in [9.17, 15) is 24.6 Å². The first-order chi connectivity index (χ1) is 25.6. The van der Waals surface area contributed by atoms with Gasteiger partial charge in [0.1, 0.15) is 17.9 Å². The number of carbonyl (C=O) groups is 3. The highest BCUT2D eigenvalue weighted by molar-refractivity contribution is 7.14. The number of nitrogens with zero attached hydrogens (tertiary/aromatic N) is 2. The maximum atomic E-state index is 13.7. The van der Waals surface area contributed by atoms with Crippen molar-refractivity contribution in [2.24, 2.45) is 5.41 Å². The van der Waals surface area contributed by atoms with E-state index >= 15 is 0 Å². The van der Waals surface area contributed by atoms with Crippen LogP contribution < -0.4 is 15.4 Å². The number of amides is 2. The molecule has 0 spiro atoms. The van der Waals surface area contributed by atoms with Crippen molar-refractivity contribution >= 4 is 29.1 Å². The van der Waals surface area contributed by atoms with Gasteiger partial charge in [-0.1, -0.05) is 108 Å². The van der Waals surface area contributed by atoms with E-state index < -0.39 is 36.0 Å². The Kier molecular flexibility index (Phi) is 12.7. The molecule has 0 saturated heterocycles. The zero-order valence-electron chi connectivity index (χ0n) is 31.5. The molecule has 0 aliphatic heterocycles. The van der Waals surface area contributed by atoms with Gasteiger partial charge in [0.25, 0.3) is 5.91 Å². The molecule has 2 aromatic heterocycles. The lowest BCUT2D eigenvalue weighted by molar-refractivity contribution is -0.145. The number of carbonyl (C=O) groups excluding carboxylic acids is 2. The third kappa shape index (κ3) is 10.8. The van der Waals surface area contributed by atoms with Gasteiger partial charge in [-0.25, -0.2) is 14.8 Å². The second-order valence-electron chi connectivity index (χ2n) is 15.5. The van der Waals surface area contributed by atoms with E-state index in [0.717, 1.165) is 33.7 Å². The average Bonchev–Trinajstić information content (AvgIpc) is 3.66. The van der Waals surface area contributed by atoms with E-state index in [0.29, 0.717) is 28.4 Å². The van der Waals surface area contributed by atoms with Crippen LogP contribution in [0, 0.1) is 5.41 Å². The Balaban J connectivity index is 1.30. The molecule has 2 amide bonds. The van der Waals surface area contributed by atoms with Gasteiger partial charge in [-0.3, -0.25) is 9.59 Å². The maximum absolute atomic E-state index is 13.7. The van der Waals surface area contributed by atoms with Gasteiger partial charge in [0, 0.05) is 34.8 Å². The molecule has 3 aromatic carbocycles. The van der Waals surface area contributed by atoms with Crippen LogP contribution >= 0.6 is 11.3 Å². The fourth-order valence-electron chi connectivity index (χ4n) is 5.54. The number of ether oxygens (including phenoxy) is 1. The van der Waals surface area contributed by atoms with Crippen LogP contribution in [-0.2, 0) is 21.4 Å². The molecular formula is C43H48N4O6S. The molecule has 2 heterocycles. The van der Waals surface area contributed by atoms with Crippen molar-refractivity contribution in [2.45, 2.75) is 78.0 Å². The quantitative estimate of drug-likeness (QED) is 0.0906. The maximum Gasteiger partial charge on any atom is 0.329 e. The summed E-state index contributed by atoms with van der Waals surface area (Å²) in [6, 6.07) is 24.2. The van der Waals surface area contributed by atoms with Gasteiger partial charge in [-0.05, 0) is 58.2 Å². The third-order valence-electron chi connectivity index (χ3n) is 8.82. The number of aliphatic carboxylic acids is 1. The van der Waals surface area contributed by atoms with Crippen molar-refractivity contribution in [3.63, 3.8) is 0 Å². The van der Waals surface area contributed by atoms with Gasteiger partial charge in [0.15, 0.2) is 11.9 Å². The molecule has 0 aliphatic carbocycles. The number of rotatable bonds is 14. The largest absolute Gasteiger partial charge is 0.494 e. The van der Waals surface area contributed by atoms with E-state index in [2.05, 4.69) is 41.4 Å². The number of nitrogens with one attached hydrogen (secondary N) is 2. The molecule has 2 unspecified atom stereocenters. The molecule has 282 valence electrons. The average molecular weight is 749 g/mol. The van der Waals surface area contributed by atoms with Crippen LogP contribution in [0.2, 0.25) is 0 Å². The summed E-state index contributed by atoms with van der Waals surface area (Å²) in [5.74, 6) is -1.29. The van der Waals surface area contributed by atoms with Crippen LogP contribution in [-0.4, -0.2) is 56.7 Å². The van der Waals surface area contributed by atoms with Gasteiger partial charge in [-0.15, -0.1) is 11.3 Å². The number of carboxylic acids is 1. The Morgan fingerprint density at radius 1 is 0.778 bits per heavy atom. The summed E-state index contributed by atoms with van der Waals surface area (Å²) in [6.07, 6.45) is 3.02. The van der Waals surface area contributed by atoms with Crippen LogP contribution in [0.4, 0.5) is 0 Å². The van der Waals surface area contributed by atoms with Crippen LogP contribution in [0.25, 0.3) is 22.5 Å². The monoisotopic (exact) mass is 748 g/mol. The summed E-state index contributed by atoms with van der Waals surface area (Å²) in [5, 5.41) is 26.1. The van der Waals surface area contributed by atoms with Crippen molar-refractivity contribution in [2.75, 3.05) is 6.61 Å². The Morgan fingerprint density at radius 3 is 1.98 bits per heavy atom. The molecule has 5 rings (SSSR count). The minimum Gasteiger partial charge on any atom is -0.494 e. The topological polar surface area (TPSA) is 151 Å². The number of hydrogen-bond acceptors (Lipinski definition) is 8. The minimum atomic E-state index is -1.65. The predicted octanol–water partition coefficient (Wildman–Crippen LogP) is 7.63. The molecule has 10 nitrogen and oxygen atoms in total. The predicted molar refractivity (Wildman–Crippen MR) is 211 cm³/mol. The summed E-state index contributed by atoms with van der Waals surface area (Å²) in [5.41, 5.74) is 3.66. The van der Waals surface area contributed by atoms with Gasteiger partial charge in [0.2, 0.25) is 5.91 Å². The normalized spacial score (nSPS) is 13.4. The van der Waals surface area contributed by atoms with E-state index in [-0.39, 0.29) is 17.3 Å². The Morgan fingerprint density at radius 2 is 1.41 bits per heavy atom. The molecule has 54 heavy (non-hydrogen) atoms. The molecule has 0 fully saturated rings. The first-order valence-electron chi connectivity index (χ1n) is 17.9. The number of aliphatic hydroxyl groups is 1. The fourth-order valence-corrected chi connectivity index (χ4v) is 6.51. The Labute approximate surface area is 320 Å². The highest BCUT2D eigenvalue weighted by Crippen LogP contribution is 2.30. The summed E-state index contributed by atoms with van der Waals surface area (Å²) >= 11 is 1.33. The zero-order chi connectivity index (χ0) is 39.0. The van der Waals surface area contributed by atoms with Gasteiger partial charge >= 0.3 is 5.97 Å². The van der Waals surface area contributed by atoms with Crippen LogP contribution in [0.15, 0.2) is 103 Å². The van der Waals surface area contributed by atoms with Crippen LogP contribution in [0.1, 0.15) is 79.7 Å². The second-order valence-corrected chi connectivity index (χ2v) is 16.6. The number of benzene rings is 3. The first kappa shape index (κ1) is 39.8. The fraction of sp³-hybridized carbons (Fsp3) is 0.326.